The second-order valence-electron chi connectivity index (χ2n) is 5.48. The van der Waals surface area contributed by atoms with Crippen molar-refractivity contribution >= 4 is 0 Å². The van der Waals surface area contributed by atoms with Crippen molar-refractivity contribution in [3.05, 3.63) is 64.5 Å². The summed E-state index contributed by atoms with van der Waals surface area (Å²) in [5.41, 5.74) is 6.08. The standard InChI is InChI=1S/C18H24N2/c1-5-9-19-18(16-8-6-7-13(2)10-16)17-11-14(3)20-15(4)12-17/h6-8,10-12,18-19H,5,9H2,1-4H3. The maximum absolute atomic E-state index is 4.48. The van der Waals surface area contributed by atoms with E-state index in [-0.39, 0.29) is 6.04 Å². The fraction of sp³-hybridized carbons (Fsp3) is 0.389. The Morgan fingerprint density at radius 1 is 1.00 bits per heavy atom. The van der Waals surface area contributed by atoms with Crippen molar-refractivity contribution in [1.82, 2.24) is 10.3 Å². The fourth-order valence-electron chi connectivity index (χ4n) is 2.60. The van der Waals surface area contributed by atoms with E-state index < -0.39 is 0 Å². The summed E-state index contributed by atoms with van der Waals surface area (Å²) < 4.78 is 0. The quantitative estimate of drug-likeness (QED) is 0.883. The van der Waals surface area contributed by atoms with Gasteiger partial charge in [-0.15, -0.1) is 0 Å². The fourth-order valence-corrected chi connectivity index (χ4v) is 2.60. The molecule has 2 aromatic rings. The molecule has 0 spiro atoms. The van der Waals surface area contributed by atoms with Crippen molar-refractivity contribution in [3.63, 3.8) is 0 Å². The van der Waals surface area contributed by atoms with Crippen LogP contribution in [0.25, 0.3) is 0 Å². The normalized spacial score (nSPS) is 12.4. The van der Waals surface area contributed by atoms with E-state index in [1.807, 2.05) is 0 Å². The Morgan fingerprint density at radius 2 is 1.70 bits per heavy atom. The van der Waals surface area contributed by atoms with Gasteiger partial charge in [0.05, 0.1) is 6.04 Å². The summed E-state index contributed by atoms with van der Waals surface area (Å²) in [6, 6.07) is 13.3. The zero-order valence-corrected chi connectivity index (χ0v) is 12.9. The van der Waals surface area contributed by atoms with Crippen LogP contribution in [0.4, 0.5) is 0 Å². The van der Waals surface area contributed by atoms with E-state index in [4.69, 9.17) is 0 Å². The van der Waals surface area contributed by atoms with Gasteiger partial charge in [-0.2, -0.15) is 0 Å². The minimum atomic E-state index is 0.246. The Morgan fingerprint density at radius 3 is 2.30 bits per heavy atom. The Labute approximate surface area is 122 Å². The first-order chi connectivity index (χ1) is 9.60. The monoisotopic (exact) mass is 268 g/mol. The highest BCUT2D eigenvalue weighted by Crippen LogP contribution is 2.24. The lowest BCUT2D eigenvalue weighted by Crippen LogP contribution is -2.23. The van der Waals surface area contributed by atoms with E-state index in [2.05, 4.69) is 74.4 Å². The van der Waals surface area contributed by atoms with Crippen LogP contribution >= 0.6 is 0 Å². The predicted octanol–water partition coefficient (Wildman–Crippen LogP) is 4.10. The summed E-state index contributed by atoms with van der Waals surface area (Å²) in [6.45, 7) is 9.47. The van der Waals surface area contributed by atoms with E-state index in [0.717, 1.165) is 24.4 Å². The van der Waals surface area contributed by atoms with Crippen LogP contribution in [-0.4, -0.2) is 11.5 Å². The van der Waals surface area contributed by atoms with E-state index in [9.17, 15) is 0 Å². The number of aryl methyl sites for hydroxylation is 3. The van der Waals surface area contributed by atoms with E-state index in [1.54, 1.807) is 0 Å². The summed E-state index contributed by atoms with van der Waals surface area (Å²) in [4.78, 5) is 4.48. The molecule has 0 saturated heterocycles. The zero-order valence-electron chi connectivity index (χ0n) is 12.9. The molecule has 0 saturated carbocycles. The van der Waals surface area contributed by atoms with Gasteiger partial charge in [0.2, 0.25) is 0 Å². The van der Waals surface area contributed by atoms with Crippen molar-refractivity contribution in [2.45, 2.75) is 40.2 Å². The van der Waals surface area contributed by atoms with Crippen LogP contribution in [-0.2, 0) is 0 Å². The van der Waals surface area contributed by atoms with Crippen molar-refractivity contribution in [2.24, 2.45) is 0 Å². The first kappa shape index (κ1) is 14.7. The second-order valence-corrected chi connectivity index (χ2v) is 5.48. The third-order valence-corrected chi connectivity index (χ3v) is 3.41. The van der Waals surface area contributed by atoms with Gasteiger partial charge >= 0.3 is 0 Å². The molecule has 0 fully saturated rings. The van der Waals surface area contributed by atoms with Gasteiger partial charge in [-0.3, -0.25) is 4.98 Å². The molecule has 1 aromatic carbocycles. The molecule has 0 radical (unpaired) electrons. The third kappa shape index (κ3) is 3.67. The lowest BCUT2D eigenvalue weighted by atomic mass is 9.96. The van der Waals surface area contributed by atoms with Crippen LogP contribution in [0, 0.1) is 20.8 Å². The average Bonchev–Trinajstić information content (AvgIpc) is 2.38. The molecule has 0 amide bonds. The number of hydrogen-bond acceptors (Lipinski definition) is 2. The van der Waals surface area contributed by atoms with Gasteiger partial charge in [0.15, 0.2) is 0 Å². The smallest absolute Gasteiger partial charge is 0.0578 e. The number of rotatable bonds is 5. The summed E-state index contributed by atoms with van der Waals surface area (Å²) >= 11 is 0. The number of benzene rings is 1. The molecular formula is C18H24N2. The Balaban J connectivity index is 2.41. The molecule has 2 nitrogen and oxygen atoms in total. The summed E-state index contributed by atoms with van der Waals surface area (Å²) in [7, 11) is 0. The van der Waals surface area contributed by atoms with Gasteiger partial charge in [-0.25, -0.2) is 0 Å². The molecule has 2 rings (SSSR count). The van der Waals surface area contributed by atoms with E-state index >= 15 is 0 Å². The second kappa shape index (κ2) is 6.67. The molecule has 106 valence electrons. The highest BCUT2D eigenvalue weighted by Gasteiger charge is 2.14. The highest BCUT2D eigenvalue weighted by molar-refractivity contribution is 5.35. The van der Waals surface area contributed by atoms with Crippen LogP contribution in [0.5, 0.6) is 0 Å². The minimum Gasteiger partial charge on any atom is -0.306 e. The number of aromatic nitrogens is 1. The largest absolute Gasteiger partial charge is 0.306 e. The SMILES string of the molecule is CCCNC(c1cccc(C)c1)c1cc(C)nc(C)c1. The Hall–Kier alpha value is -1.67. The molecule has 0 aliphatic heterocycles. The van der Waals surface area contributed by atoms with Crippen molar-refractivity contribution < 1.29 is 0 Å². The average molecular weight is 268 g/mol. The zero-order chi connectivity index (χ0) is 14.5. The first-order valence-electron chi connectivity index (χ1n) is 7.35. The molecule has 1 heterocycles. The van der Waals surface area contributed by atoms with Gasteiger partial charge in [0.25, 0.3) is 0 Å². The molecule has 0 bridgehead atoms. The molecule has 1 aromatic heterocycles. The third-order valence-electron chi connectivity index (χ3n) is 3.41. The molecule has 1 unspecified atom stereocenters. The maximum atomic E-state index is 4.48. The summed E-state index contributed by atoms with van der Waals surface area (Å²) in [5.74, 6) is 0. The Bertz CT molecular complexity index is 555. The molecule has 20 heavy (non-hydrogen) atoms. The molecule has 1 atom stereocenters. The number of nitrogens with zero attached hydrogens (tertiary/aromatic N) is 1. The van der Waals surface area contributed by atoms with Crippen molar-refractivity contribution in [2.75, 3.05) is 6.54 Å². The molecule has 1 N–H and O–H groups in total. The van der Waals surface area contributed by atoms with Crippen molar-refractivity contribution in [1.29, 1.82) is 0 Å². The first-order valence-corrected chi connectivity index (χ1v) is 7.35. The minimum absolute atomic E-state index is 0.246. The number of hydrogen-bond donors (Lipinski definition) is 1. The molecular weight excluding hydrogens is 244 g/mol. The topological polar surface area (TPSA) is 24.9 Å². The van der Waals surface area contributed by atoms with Crippen molar-refractivity contribution in [3.8, 4) is 0 Å². The van der Waals surface area contributed by atoms with Crippen LogP contribution in [0.1, 0.15) is 47.5 Å². The van der Waals surface area contributed by atoms with Crippen LogP contribution < -0.4 is 5.32 Å². The van der Waals surface area contributed by atoms with E-state index in [1.165, 1.54) is 16.7 Å². The van der Waals surface area contributed by atoms with Gasteiger partial charge < -0.3 is 5.32 Å². The maximum Gasteiger partial charge on any atom is 0.0578 e. The summed E-state index contributed by atoms with van der Waals surface area (Å²) in [5, 5.41) is 3.66. The van der Waals surface area contributed by atoms with Gasteiger partial charge in [0, 0.05) is 11.4 Å². The lowest BCUT2D eigenvalue weighted by molar-refractivity contribution is 0.597. The lowest BCUT2D eigenvalue weighted by Gasteiger charge is -2.21. The molecule has 0 aliphatic carbocycles. The van der Waals surface area contributed by atoms with Gasteiger partial charge in [0.1, 0.15) is 0 Å². The van der Waals surface area contributed by atoms with Crippen LogP contribution in [0.15, 0.2) is 36.4 Å². The number of pyridine rings is 1. The predicted molar refractivity (Wildman–Crippen MR) is 85.0 cm³/mol. The molecule has 2 heteroatoms. The van der Waals surface area contributed by atoms with Crippen LogP contribution in [0.2, 0.25) is 0 Å². The highest BCUT2D eigenvalue weighted by atomic mass is 14.9. The van der Waals surface area contributed by atoms with Gasteiger partial charge in [-0.05, 0) is 57.0 Å². The van der Waals surface area contributed by atoms with E-state index in [0.29, 0.717) is 0 Å². The van der Waals surface area contributed by atoms with Gasteiger partial charge in [-0.1, -0.05) is 36.8 Å². The molecule has 0 aliphatic rings. The summed E-state index contributed by atoms with van der Waals surface area (Å²) in [6.07, 6.45) is 1.13. The van der Waals surface area contributed by atoms with Crippen LogP contribution in [0.3, 0.4) is 0 Å². The number of nitrogens with one attached hydrogen (secondary N) is 1. The Kier molecular flexibility index (Phi) is 4.91.